The van der Waals surface area contributed by atoms with Gasteiger partial charge in [-0.2, -0.15) is 0 Å². The fourth-order valence-corrected chi connectivity index (χ4v) is 2.21. The van der Waals surface area contributed by atoms with Crippen molar-refractivity contribution < 1.29 is 14.7 Å². The van der Waals surface area contributed by atoms with E-state index in [9.17, 15) is 14.7 Å². The van der Waals surface area contributed by atoms with Crippen LogP contribution in [0.1, 0.15) is 38.3 Å². The number of rotatable bonds is 8. The van der Waals surface area contributed by atoms with Crippen molar-refractivity contribution in [3.8, 4) is 0 Å². The average molecular weight is 294 g/mol. The van der Waals surface area contributed by atoms with Crippen LogP contribution in [0.4, 0.5) is 4.79 Å². The van der Waals surface area contributed by atoms with Crippen molar-refractivity contribution in [3.05, 3.63) is 18.2 Å². The maximum Gasteiger partial charge on any atom is 0.326 e. The molecule has 0 spiro atoms. The second kappa shape index (κ2) is 7.10. The smallest absolute Gasteiger partial charge is 0.326 e. The first-order valence-corrected chi connectivity index (χ1v) is 7.39. The van der Waals surface area contributed by atoms with Gasteiger partial charge < -0.3 is 20.3 Å². The Kier molecular flexibility index (Phi) is 5.19. The fraction of sp³-hybridized carbons (Fsp3) is 0.643. The number of carbonyl (C=O) groups is 2. The van der Waals surface area contributed by atoms with Gasteiger partial charge in [-0.3, -0.25) is 0 Å². The largest absolute Gasteiger partial charge is 0.480 e. The molecule has 1 aromatic heterocycles. The molecule has 0 aromatic carbocycles. The van der Waals surface area contributed by atoms with E-state index in [1.807, 2.05) is 0 Å². The van der Waals surface area contributed by atoms with Crippen molar-refractivity contribution in [3.63, 3.8) is 0 Å². The number of aromatic amines is 1. The van der Waals surface area contributed by atoms with Gasteiger partial charge in [0.2, 0.25) is 0 Å². The highest BCUT2D eigenvalue weighted by atomic mass is 16.4. The van der Waals surface area contributed by atoms with E-state index in [1.54, 1.807) is 11.1 Å². The lowest BCUT2D eigenvalue weighted by Gasteiger charge is -2.25. The van der Waals surface area contributed by atoms with Gasteiger partial charge in [-0.15, -0.1) is 0 Å². The molecule has 0 saturated heterocycles. The predicted molar refractivity (Wildman–Crippen MR) is 76.9 cm³/mol. The monoisotopic (exact) mass is 294 g/mol. The number of aliphatic carboxylic acids is 1. The molecule has 2 rings (SSSR count). The normalized spacial score (nSPS) is 15.5. The van der Waals surface area contributed by atoms with Crippen molar-refractivity contribution in [2.45, 2.75) is 51.1 Å². The summed E-state index contributed by atoms with van der Waals surface area (Å²) in [4.78, 5) is 32.1. The van der Waals surface area contributed by atoms with Crippen LogP contribution in [-0.2, 0) is 11.2 Å². The van der Waals surface area contributed by atoms with E-state index >= 15 is 0 Å². The molecule has 7 heteroatoms. The summed E-state index contributed by atoms with van der Waals surface area (Å²) in [6.07, 6.45) is 7.22. The van der Waals surface area contributed by atoms with Gasteiger partial charge in [-0.1, -0.05) is 13.3 Å². The predicted octanol–water partition coefficient (Wildman–Crippen LogP) is 1.38. The third kappa shape index (κ3) is 4.47. The zero-order valence-corrected chi connectivity index (χ0v) is 12.2. The molecule has 1 aliphatic rings. The lowest BCUT2D eigenvalue weighted by Crippen LogP contribution is -2.49. The molecule has 1 fully saturated rings. The second-order valence-corrected chi connectivity index (χ2v) is 5.40. The maximum absolute atomic E-state index is 12.3. The van der Waals surface area contributed by atoms with Gasteiger partial charge in [0.25, 0.3) is 0 Å². The van der Waals surface area contributed by atoms with E-state index in [0.29, 0.717) is 12.2 Å². The van der Waals surface area contributed by atoms with E-state index in [4.69, 9.17) is 0 Å². The van der Waals surface area contributed by atoms with E-state index < -0.39 is 12.0 Å². The minimum Gasteiger partial charge on any atom is -0.480 e. The van der Waals surface area contributed by atoms with Crippen LogP contribution in [0.15, 0.2) is 12.5 Å². The SMILES string of the molecule is CCCCN(C(=O)N[C@H](Cc1cnc[nH]1)C(=O)O)C1CC1. The first kappa shape index (κ1) is 15.3. The van der Waals surface area contributed by atoms with Crippen LogP contribution in [0, 0.1) is 0 Å². The summed E-state index contributed by atoms with van der Waals surface area (Å²) in [5.74, 6) is -1.04. The lowest BCUT2D eigenvalue weighted by atomic mass is 10.1. The minimum absolute atomic E-state index is 0.202. The zero-order valence-electron chi connectivity index (χ0n) is 12.2. The summed E-state index contributed by atoms with van der Waals surface area (Å²) in [7, 11) is 0. The zero-order chi connectivity index (χ0) is 15.2. The molecule has 7 nitrogen and oxygen atoms in total. The molecule has 0 bridgehead atoms. The van der Waals surface area contributed by atoms with Crippen LogP contribution in [0.3, 0.4) is 0 Å². The summed E-state index contributed by atoms with van der Waals surface area (Å²) in [5.41, 5.74) is 0.689. The summed E-state index contributed by atoms with van der Waals surface area (Å²) < 4.78 is 0. The van der Waals surface area contributed by atoms with Crippen LogP contribution in [-0.4, -0.2) is 50.6 Å². The van der Waals surface area contributed by atoms with Crippen LogP contribution in [0.2, 0.25) is 0 Å². The number of H-pyrrole nitrogens is 1. The standard InChI is InChI=1S/C14H22N4O3/c1-2-3-6-18(11-4-5-11)14(21)17-12(13(19)20)7-10-8-15-9-16-10/h8-9,11-12H,2-7H2,1H3,(H,15,16)(H,17,21)(H,19,20)/t12-/m1/s1. The van der Waals surface area contributed by atoms with Crippen LogP contribution in [0.25, 0.3) is 0 Å². The Morgan fingerprint density at radius 2 is 2.33 bits per heavy atom. The molecule has 1 heterocycles. The molecule has 3 N–H and O–H groups in total. The number of amides is 2. The molecule has 0 radical (unpaired) electrons. The van der Waals surface area contributed by atoms with Gasteiger partial charge in [-0.05, 0) is 19.3 Å². The lowest BCUT2D eigenvalue weighted by molar-refractivity contribution is -0.139. The number of aromatic nitrogens is 2. The number of hydrogen-bond acceptors (Lipinski definition) is 3. The topological polar surface area (TPSA) is 98.3 Å². The fourth-order valence-electron chi connectivity index (χ4n) is 2.21. The van der Waals surface area contributed by atoms with E-state index in [2.05, 4.69) is 22.2 Å². The number of carboxylic acids is 1. The van der Waals surface area contributed by atoms with Crippen LogP contribution in [0.5, 0.6) is 0 Å². The molecule has 1 saturated carbocycles. The number of unbranched alkanes of at least 4 members (excludes halogenated alkanes) is 1. The van der Waals surface area contributed by atoms with E-state index in [0.717, 1.165) is 25.7 Å². The number of carbonyl (C=O) groups excluding carboxylic acids is 1. The van der Waals surface area contributed by atoms with Gasteiger partial charge in [0.15, 0.2) is 0 Å². The molecule has 116 valence electrons. The number of nitrogens with zero attached hydrogens (tertiary/aromatic N) is 2. The Morgan fingerprint density at radius 1 is 1.57 bits per heavy atom. The van der Waals surface area contributed by atoms with Crippen molar-refractivity contribution in [1.29, 1.82) is 0 Å². The van der Waals surface area contributed by atoms with E-state index in [1.165, 1.54) is 6.33 Å². The molecule has 0 aliphatic heterocycles. The number of hydrogen-bond donors (Lipinski definition) is 3. The van der Waals surface area contributed by atoms with E-state index in [-0.39, 0.29) is 18.5 Å². The highest BCUT2D eigenvalue weighted by Gasteiger charge is 2.33. The molecule has 0 unspecified atom stereocenters. The Labute approximate surface area is 123 Å². The van der Waals surface area contributed by atoms with Gasteiger partial charge in [0.1, 0.15) is 6.04 Å². The minimum atomic E-state index is -1.04. The summed E-state index contributed by atoms with van der Waals surface area (Å²) in [5, 5.41) is 11.9. The third-order valence-corrected chi connectivity index (χ3v) is 3.58. The first-order chi connectivity index (χ1) is 10.1. The highest BCUT2D eigenvalue weighted by Crippen LogP contribution is 2.27. The molecule has 1 atom stereocenters. The number of carboxylic acid groups (broad SMARTS) is 1. The second-order valence-electron chi connectivity index (χ2n) is 5.40. The first-order valence-electron chi connectivity index (χ1n) is 7.39. The van der Waals surface area contributed by atoms with Gasteiger partial charge >= 0.3 is 12.0 Å². The Bertz CT molecular complexity index is 471. The Hall–Kier alpha value is -2.05. The van der Waals surface area contributed by atoms with Gasteiger partial charge in [-0.25, -0.2) is 14.6 Å². The maximum atomic E-state index is 12.3. The van der Waals surface area contributed by atoms with Gasteiger partial charge in [0, 0.05) is 30.9 Å². The Morgan fingerprint density at radius 3 is 2.86 bits per heavy atom. The molecule has 2 amide bonds. The summed E-state index contributed by atoms with van der Waals surface area (Å²) in [6, 6.07) is -0.947. The third-order valence-electron chi connectivity index (χ3n) is 3.58. The highest BCUT2D eigenvalue weighted by molar-refractivity contribution is 5.83. The molecule has 1 aliphatic carbocycles. The Balaban J connectivity index is 1.94. The van der Waals surface area contributed by atoms with Crippen LogP contribution < -0.4 is 5.32 Å². The van der Waals surface area contributed by atoms with Gasteiger partial charge in [0.05, 0.1) is 6.33 Å². The number of nitrogens with one attached hydrogen (secondary N) is 2. The van der Waals surface area contributed by atoms with Crippen molar-refractivity contribution in [2.75, 3.05) is 6.54 Å². The molecular weight excluding hydrogens is 272 g/mol. The molecule has 21 heavy (non-hydrogen) atoms. The van der Waals surface area contributed by atoms with Crippen LogP contribution >= 0.6 is 0 Å². The summed E-state index contributed by atoms with van der Waals surface area (Å²) >= 11 is 0. The van der Waals surface area contributed by atoms with Crippen molar-refractivity contribution in [2.24, 2.45) is 0 Å². The van der Waals surface area contributed by atoms with Crippen molar-refractivity contribution >= 4 is 12.0 Å². The van der Waals surface area contributed by atoms with Crippen molar-refractivity contribution in [1.82, 2.24) is 20.2 Å². The summed E-state index contributed by atoms with van der Waals surface area (Å²) in [6.45, 7) is 2.75. The molecule has 1 aromatic rings. The number of imidazole rings is 1. The average Bonchev–Trinajstić information content (AvgIpc) is 3.15. The molecular formula is C14H22N4O3. The quantitative estimate of drug-likeness (QED) is 0.674. The number of urea groups is 1.